The smallest absolute Gasteiger partial charge is 0.270 e. The van der Waals surface area contributed by atoms with Gasteiger partial charge in [-0.15, -0.1) is 0 Å². The zero-order valence-corrected chi connectivity index (χ0v) is 15.4. The van der Waals surface area contributed by atoms with Gasteiger partial charge in [0.05, 0.1) is 23.4 Å². The van der Waals surface area contributed by atoms with E-state index in [1.54, 1.807) is 24.3 Å². The van der Waals surface area contributed by atoms with Crippen molar-refractivity contribution in [1.82, 2.24) is 0 Å². The summed E-state index contributed by atoms with van der Waals surface area (Å²) < 4.78 is 33.3. The van der Waals surface area contributed by atoms with E-state index in [9.17, 15) is 18.5 Å². The van der Waals surface area contributed by atoms with Gasteiger partial charge in [-0.05, 0) is 24.6 Å². The number of benzene rings is 2. The predicted octanol–water partition coefficient (Wildman–Crippen LogP) is 3.62. The number of rotatable bonds is 9. The number of para-hydroxylation sites is 2. The van der Waals surface area contributed by atoms with Crippen LogP contribution in [0.2, 0.25) is 0 Å². The number of methoxy groups -OCH3 is 1. The van der Waals surface area contributed by atoms with Crippen LogP contribution in [0, 0.1) is 10.1 Å². The molecule has 26 heavy (non-hydrogen) atoms. The minimum atomic E-state index is -4.07. The van der Waals surface area contributed by atoms with Crippen LogP contribution >= 0.6 is 0 Å². The molecule has 140 valence electrons. The van der Waals surface area contributed by atoms with Gasteiger partial charge in [0.1, 0.15) is 10.6 Å². The molecule has 0 amide bonds. The Morgan fingerprint density at radius 3 is 2.54 bits per heavy atom. The van der Waals surface area contributed by atoms with E-state index in [0.29, 0.717) is 18.0 Å². The molecule has 0 aromatic heterocycles. The number of nitro benzene ring substituents is 1. The van der Waals surface area contributed by atoms with Crippen LogP contribution in [0.1, 0.15) is 19.8 Å². The number of nitrogens with one attached hydrogen (secondary N) is 2. The van der Waals surface area contributed by atoms with Gasteiger partial charge in [0.25, 0.3) is 15.7 Å². The maximum Gasteiger partial charge on any atom is 0.270 e. The number of anilines is 2. The molecule has 0 spiro atoms. The molecule has 0 radical (unpaired) electrons. The average Bonchev–Trinajstić information content (AvgIpc) is 2.62. The number of hydrogen-bond acceptors (Lipinski definition) is 6. The Balaban J connectivity index is 2.44. The lowest BCUT2D eigenvalue weighted by atomic mass is 10.2. The second-order valence-electron chi connectivity index (χ2n) is 5.52. The van der Waals surface area contributed by atoms with Crippen LogP contribution in [-0.4, -0.2) is 27.0 Å². The molecule has 0 aliphatic rings. The standard InChI is InChI=1S/C17H21N3O5S/c1-3-4-11-18-15-10-9-13(20(21)22)12-17(15)26(23,24)19-14-7-5-6-8-16(14)25-2/h5-10,12,18-19H,3-4,11H2,1-2H3. The van der Waals surface area contributed by atoms with E-state index < -0.39 is 14.9 Å². The Bertz CT molecular complexity index is 884. The van der Waals surface area contributed by atoms with Gasteiger partial charge in [0.2, 0.25) is 0 Å². The molecule has 8 nitrogen and oxygen atoms in total. The van der Waals surface area contributed by atoms with Crippen molar-refractivity contribution in [2.24, 2.45) is 0 Å². The zero-order chi connectivity index (χ0) is 19.2. The third kappa shape index (κ3) is 4.63. The molecule has 0 aliphatic carbocycles. The molecule has 0 saturated heterocycles. The first-order valence-corrected chi connectivity index (χ1v) is 9.55. The number of nitro groups is 1. The maximum atomic E-state index is 12.9. The molecule has 9 heteroatoms. The van der Waals surface area contributed by atoms with E-state index in [1.165, 1.54) is 19.2 Å². The highest BCUT2D eigenvalue weighted by atomic mass is 32.2. The maximum absolute atomic E-state index is 12.9. The first kappa shape index (κ1) is 19.5. The number of nitrogens with zero attached hydrogens (tertiary/aromatic N) is 1. The third-order valence-electron chi connectivity index (χ3n) is 3.66. The lowest BCUT2D eigenvalue weighted by Gasteiger charge is -2.15. The van der Waals surface area contributed by atoms with Crippen LogP contribution in [-0.2, 0) is 10.0 Å². The Kier molecular flexibility index (Phi) is 6.40. The van der Waals surface area contributed by atoms with E-state index in [2.05, 4.69) is 10.0 Å². The van der Waals surface area contributed by atoms with Gasteiger partial charge >= 0.3 is 0 Å². The Morgan fingerprint density at radius 1 is 1.15 bits per heavy atom. The first-order chi connectivity index (χ1) is 12.4. The molecule has 0 aliphatic heterocycles. The van der Waals surface area contributed by atoms with Gasteiger partial charge in [0, 0.05) is 18.7 Å². The highest BCUT2D eigenvalue weighted by Gasteiger charge is 2.23. The van der Waals surface area contributed by atoms with Crippen molar-refractivity contribution in [1.29, 1.82) is 0 Å². The summed E-state index contributed by atoms with van der Waals surface area (Å²) in [6.07, 6.45) is 1.78. The summed E-state index contributed by atoms with van der Waals surface area (Å²) >= 11 is 0. The van der Waals surface area contributed by atoms with Crippen LogP contribution in [0.3, 0.4) is 0 Å². The van der Waals surface area contributed by atoms with Crippen molar-refractivity contribution in [3.8, 4) is 5.75 Å². The van der Waals surface area contributed by atoms with Gasteiger partial charge in [0.15, 0.2) is 0 Å². The minimum absolute atomic E-state index is 0.186. The number of hydrogen-bond donors (Lipinski definition) is 2. The molecule has 0 heterocycles. The minimum Gasteiger partial charge on any atom is -0.495 e. The topological polar surface area (TPSA) is 111 Å². The van der Waals surface area contributed by atoms with E-state index in [4.69, 9.17) is 4.74 Å². The molecular formula is C17H21N3O5S. The number of unbranched alkanes of at least 4 members (excludes halogenated alkanes) is 1. The third-order valence-corrected chi connectivity index (χ3v) is 5.07. The molecule has 0 saturated carbocycles. The van der Waals surface area contributed by atoms with Crippen LogP contribution < -0.4 is 14.8 Å². The van der Waals surface area contributed by atoms with Crippen molar-refractivity contribution in [3.05, 3.63) is 52.6 Å². The van der Waals surface area contributed by atoms with E-state index in [0.717, 1.165) is 18.9 Å². The second kappa shape index (κ2) is 8.52. The summed E-state index contributed by atoms with van der Waals surface area (Å²) in [4.78, 5) is 10.2. The van der Waals surface area contributed by atoms with Crippen LogP contribution in [0.25, 0.3) is 0 Å². The number of sulfonamides is 1. The molecular weight excluding hydrogens is 358 g/mol. The summed E-state index contributed by atoms with van der Waals surface area (Å²) in [7, 11) is -2.64. The molecule has 2 N–H and O–H groups in total. The fraction of sp³-hybridized carbons (Fsp3) is 0.294. The molecule has 2 aromatic rings. The van der Waals surface area contributed by atoms with E-state index >= 15 is 0 Å². The summed E-state index contributed by atoms with van der Waals surface area (Å²) in [6.45, 7) is 2.57. The Hall–Kier alpha value is -2.81. The zero-order valence-electron chi connectivity index (χ0n) is 14.6. The predicted molar refractivity (Wildman–Crippen MR) is 100 cm³/mol. The molecule has 0 fully saturated rings. The summed E-state index contributed by atoms with van der Waals surface area (Å²) in [5, 5.41) is 14.1. The van der Waals surface area contributed by atoms with Crippen molar-refractivity contribution in [3.63, 3.8) is 0 Å². The molecule has 0 atom stereocenters. The van der Waals surface area contributed by atoms with Crippen molar-refractivity contribution < 1.29 is 18.1 Å². The SMILES string of the molecule is CCCCNc1ccc([N+](=O)[O-])cc1S(=O)(=O)Nc1ccccc1OC. The van der Waals surface area contributed by atoms with Gasteiger partial charge in [-0.25, -0.2) is 8.42 Å². The average molecular weight is 379 g/mol. The first-order valence-electron chi connectivity index (χ1n) is 8.07. The van der Waals surface area contributed by atoms with Crippen LogP contribution in [0.4, 0.5) is 17.1 Å². The molecule has 0 unspecified atom stereocenters. The lowest BCUT2D eigenvalue weighted by Crippen LogP contribution is -2.16. The fourth-order valence-corrected chi connectivity index (χ4v) is 3.60. The largest absolute Gasteiger partial charge is 0.495 e. The second-order valence-corrected chi connectivity index (χ2v) is 7.17. The number of non-ortho nitro benzene ring substituents is 1. The van der Waals surface area contributed by atoms with E-state index in [1.807, 2.05) is 6.92 Å². The Morgan fingerprint density at radius 2 is 1.88 bits per heavy atom. The normalized spacial score (nSPS) is 11.0. The quantitative estimate of drug-likeness (QED) is 0.391. The fourth-order valence-electron chi connectivity index (χ4n) is 2.32. The van der Waals surface area contributed by atoms with Gasteiger partial charge in [-0.2, -0.15) is 0 Å². The Labute approximate surface area is 152 Å². The van der Waals surface area contributed by atoms with Crippen LogP contribution in [0.15, 0.2) is 47.4 Å². The number of ether oxygens (including phenoxy) is 1. The van der Waals surface area contributed by atoms with Crippen molar-refractivity contribution in [2.75, 3.05) is 23.7 Å². The van der Waals surface area contributed by atoms with Crippen molar-refractivity contribution >= 4 is 27.1 Å². The molecule has 0 bridgehead atoms. The monoisotopic (exact) mass is 379 g/mol. The highest BCUT2D eigenvalue weighted by Crippen LogP contribution is 2.31. The highest BCUT2D eigenvalue weighted by molar-refractivity contribution is 7.93. The molecule has 2 rings (SSSR count). The molecule has 2 aromatic carbocycles. The summed E-state index contributed by atoms with van der Waals surface area (Å²) in [5.41, 5.74) is 0.263. The van der Waals surface area contributed by atoms with Crippen LogP contribution in [0.5, 0.6) is 5.75 Å². The van der Waals surface area contributed by atoms with Crippen molar-refractivity contribution in [2.45, 2.75) is 24.7 Å². The van der Waals surface area contributed by atoms with Gasteiger partial charge in [-0.3, -0.25) is 14.8 Å². The summed E-state index contributed by atoms with van der Waals surface area (Å²) in [5.74, 6) is 0.349. The van der Waals surface area contributed by atoms with E-state index in [-0.39, 0.29) is 16.3 Å². The lowest BCUT2D eigenvalue weighted by molar-refractivity contribution is -0.385. The van der Waals surface area contributed by atoms with Gasteiger partial charge in [-0.1, -0.05) is 25.5 Å². The van der Waals surface area contributed by atoms with Gasteiger partial charge < -0.3 is 10.1 Å². The summed E-state index contributed by atoms with van der Waals surface area (Å²) in [6, 6.07) is 10.3.